The summed E-state index contributed by atoms with van der Waals surface area (Å²) in [5.74, 6) is 0.571. The van der Waals surface area contributed by atoms with E-state index in [9.17, 15) is 4.79 Å². The number of carbonyl (C=O) groups is 1. The minimum absolute atomic E-state index is 0. The summed E-state index contributed by atoms with van der Waals surface area (Å²) in [5, 5.41) is 0. The second-order valence-corrected chi connectivity index (χ2v) is 9.26. The van der Waals surface area contributed by atoms with Crippen LogP contribution in [0.25, 0.3) is 0 Å². The van der Waals surface area contributed by atoms with E-state index in [1.54, 1.807) is 9.78 Å². The van der Waals surface area contributed by atoms with E-state index in [1.165, 1.54) is 17.6 Å². The molecule has 3 aliphatic rings. The van der Waals surface area contributed by atoms with Crippen LogP contribution < -0.4 is 0 Å². The maximum atomic E-state index is 11.5. The third-order valence-corrected chi connectivity index (χ3v) is 7.68. The van der Waals surface area contributed by atoms with Crippen LogP contribution in [0, 0.1) is 5.92 Å². The fourth-order valence-corrected chi connectivity index (χ4v) is 6.02. The Labute approximate surface area is 172 Å². The van der Waals surface area contributed by atoms with Crippen LogP contribution in [0.1, 0.15) is 42.0 Å². The molecule has 0 aromatic carbocycles. The summed E-state index contributed by atoms with van der Waals surface area (Å²) in [4.78, 5) is 18.9. The molecule has 0 aliphatic carbocycles. The van der Waals surface area contributed by atoms with Crippen molar-refractivity contribution in [3.63, 3.8) is 0 Å². The summed E-state index contributed by atoms with van der Waals surface area (Å²) in [5.41, 5.74) is 1.42. The largest absolute Gasteiger partial charge is 0.453 e. The fourth-order valence-electron chi connectivity index (χ4n) is 4.84. The molecular weight excluding hydrogens is 384 g/mol. The maximum absolute atomic E-state index is 11.5. The highest BCUT2D eigenvalue weighted by Crippen LogP contribution is 2.46. The number of methoxy groups -OCH3 is 1. The van der Waals surface area contributed by atoms with Gasteiger partial charge in [0.15, 0.2) is 0 Å². The van der Waals surface area contributed by atoms with Crippen LogP contribution in [0.15, 0.2) is 6.07 Å². The number of rotatable bonds is 3. The van der Waals surface area contributed by atoms with E-state index in [1.807, 2.05) is 11.3 Å². The lowest BCUT2D eigenvalue weighted by Crippen LogP contribution is -2.57. The maximum Gasteiger partial charge on any atom is 0.409 e. The number of thiophene rings is 1. The minimum atomic E-state index is -0.195. The zero-order chi connectivity index (χ0) is 18.3. The van der Waals surface area contributed by atoms with E-state index in [0.29, 0.717) is 12.0 Å². The minimum Gasteiger partial charge on any atom is -0.453 e. The molecule has 4 rings (SSSR count). The molecular formula is C20H31ClN2O3S. The molecule has 1 aromatic heterocycles. The van der Waals surface area contributed by atoms with Gasteiger partial charge in [0.2, 0.25) is 0 Å². The van der Waals surface area contributed by atoms with Gasteiger partial charge in [0, 0.05) is 54.3 Å². The van der Waals surface area contributed by atoms with E-state index < -0.39 is 0 Å². The van der Waals surface area contributed by atoms with Crippen molar-refractivity contribution in [1.82, 2.24) is 9.80 Å². The Balaban J connectivity index is 0.00000210. The molecule has 0 N–H and O–H groups in total. The lowest BCUT2D eigenvalue weighted by atomic mass is 9.79. The van der Waals surface area contributed by atoms with Crippen LogP contribution in [0.2, 0.25) is 0 Å². The van der Waals surface area contributed by atoms with Crippen molar-refractivity contribution >= 4 is 29.8 Å². The lowest BCUT2D eigenvalue weighted by Gasteiger charge is -2.49. The van der Waals surface area contributed by atoms with Crippen molar-refractivity contribution in [1.29, 1.82) is 0 Å². The summed E-state index contributed by atoms with van der Waals surface area (Å²) >= 11 is 1.99. The first-order valence-corrected chi connectivity index (χ1v) is 10.7. The van der Waals surface area contributed by atoms with Crippen LogP contribution >= 0.6 is 23.7 Å². The predicted molar refractivity (Wildman–Crippen MR) is 110 cm³/mol. The molecule has 0 bridgehead atoms. The van der Waals surface area contributed by atoms with Gasteiger partial charge >= 0.3 is 6.09 Å². The van der Waals surface area contributed by atoms with E-state index in [2.05, 4.69) is 24.8 Å². The number of likely N-dealkylation sites (tertiary alicyclic amines) is 2. The van der Waals surface area contributed by atoms with Gasteiger partial charge in [0.25, 0.3) is 0 Å². The van der Waals surface area contributed by atoms with Crippen LogP contribution in [0.5, 0.6) is 0 Å². The normalized spacial score (nSPS) is 28.4. The van der Waals surface area contributed by atoms with E-state index in [0.717, 1.165) is 58.5 Å². The quantitative estimate of drug-likeness (QED) is 0.756. The molecule has 1 spiro atoms. The smallest absolute Gasteiger partial charge is 0.409 e. The zero-order valence-corrected chi connectivity index (χ0v) is 18.2. The monoisotopic (exact) mass is 414 g/mol. The van der Waals surface area contributed by atoms with Gasteiger partial charge in [-0.05, 0) is 37.8 Å². The van der Waals surface area contributed by atoms with Crippen molar-refractivity contribution in [2.75, 3.05) is 39.9 Å². The Bertz CT molecular complexity index is 676. The molecule has 3 aliphatic heterocycles. The van der Waals surface area contributed by atoms with Crippen LogP contribution in [-0.4, -0.2) is 61.8 Å². The van der Waals surface area contributed by atoms with E-state index in [-0.39, 0.29) is 24.1 Å². The van der Waals surface area contributed by atoms with Crippen molar-refractivity contribution in [2.24, 2.45) is 5.92 Å². The van der Waals surface area contributed by atoms with Crippen molar-refractivity contribution in [3.05, 3.63) is 21.4 Å². The molecule has 2 atom stereocenters. The average molecular weight is 415 g/mol. The molecule has 152 valence electrons. The standard InChI is InChI=1S/C20H30N2O3S.ClH/c1-4-16-9-17-18(26-16)5-8-25-20(17)6-7-21(14(2)10-20)11-15-12-22(13-15)19(23)24-3;/h9,14-15H,4-8,10-13H2,1-3H3;1H/t14-,20+;/m0./s1. The van der Waals surface area contributed by atoms with Crippen molar-refractivity contribution in [3.8, 4) is 0 Å². The topological polar surface area (TPSA) is 42.0 Å². The number of aryl methyl sites for hydroxylation is 1. The second-order valence-electron chi connectivity index (χ2n) is 8.03. The lowest BCUT2D eigenvalue weighted by molar-refractivity contribution is -0.114. The summed E-state index contributed by atoms with van der Waals surface area (Å²) in [6.45, 7) is 9.24. The molecule has 0 saturated carbocycles. The Kier molecular flexibility index (Phi) is 6.41. The third kappa shape index (κ3) is 3.86. The molecule has 2 fully saturated rings. The van der Waals surface area contributed by atoms with E-state index in [4.69, 9.17) is 9.47 Å². The van der Waals surface area contributed by atoms with Crippen molar-refractivity contribution in [2.45, 2.75) is 51.2 Å². The van der Waals surface area contributed by atoms with Crippen LogP contribution in [0.3, 0.4) is 0 Å². The Morgan fingerprint density at radius 2 is 2.22 bits per heavy atom. The third-order valence-electron chi connectivity index (χ3n) is 6.34. The van der Waals surface area contributed by atoms with Gasteiger partial charge in [-0.15, -0.1) is 23.7 Å². The molecule has 7 heteroatoms. The molecule has 0 radical (unpaired) electrons. The predicted octanol–water partition coefficient (Wildman–Crippen LogP) is 3.68. The first-order valence-electron chi connectivity index (χ1n) is 9.87. The first-order chi connectivity index (χ1) is 12.5. The summed E-state index contributed by atoms with van der Waals surface area (Å²) in [6, 6.07) is 2.92. The Hall–Kier alpha value is -0.820. The number of nitrogens with zero attached hydrogens (tertiary/aromatic N) is 2. The number of piperidine rings is 1. The van der Waals surface area contributed by atoms with Gasteiger partial charge in [-0.3, -0.25) is 0 Å². The fraction of sp³-hybridized carbons (Fsp3) is 0.750. The number of amides is 1. The van der Waals surface area contributed by atoms with Gasteiger partial charge < -0.3 is 19.3 Å². The van der Waals surface area contributed by atoms with Crippen molar-refractivity contribution < 1.29 is 14.3 Å². The van der Waals surface area contributed by atoms with Gasteiger partial charge in [-0.2, -0.15) is 0 Å². The molecule has 1 amide bonds. The number of fused-ring (bicyclic) bond motifs is 2. The van der Waals surface area contributed by atoms with Crippen LogP contribution in [0.4, 0.5) is 4.79 Å². The Morgan fingerprint density at radius 1 is 1.44 bits per heavy atom. The number of halogens is 1. The molecule has 4 heterocycles. The van der Waals surface area contributed by atoms with Gasteiger partial charge in [0.1, 0.15) is 0 Å². The molecule has 27 heavy (non-hydrogen) atoms. The van der Waals surface area contributed by atoms with Gasteiger partial charge in [0.05, 0.1) is 19.3 Å². The average Bonchev–Trinajstić information content (AvgIpc) is 3.04. The molecule has 5 nitrogen and oxygen atoms in total. The number of hydrogen-bond donors (Lipinski definition) is 0. The number of hydrogen-bond acceptors (Lipinski definition) is 5. The summed E-state index contributed by atoms with van der Waals surface area (Å²) < 4.78 is 11.2. The Morgan fingerprint density at radius 3 is 2.89 bits per heavy atom. The van der Waals surface area contributed by atoms with Crippen LogP contribution in [-0.2, 0) is 27.9 Å². The highest BCUT2D eigenvalue weighted by atomic mass is 35.5. The highest BCUT2D eigenvalue weighted by molar-refractivity contribution is 7.12. The number of ether oxygens (including phenoxy) is 2. The summed E-state index contributed by atoms with van der Waals surface area (Å²) in [7, 11) is 1.45. The second kappa shape index (κ2) is 8.27. The van der Waals surface area contributed by atoms with Gasteiger partial charge in [-0.1, -0.05) is 6.92 Å². The van der Waals surface area contributed by atoms with E-state index >= 15 is 0 Å². The molecule has 0 unspecified atom stereocenters. The highest BCUT2D eigenvalue weighted by Gasteiger charge is 2.45. The summed E-state index contributed by atoms with van der Waals surface area (Å²) in [6.07, 6.45) is 4.16. The van der Waals surface area contributed by atoms with Gasteiger partial charge in [-0.25, -0.2) is 4.79 Å². The SMILES string of the molecule is CCc1cc2c(s1)CCO[C@@]21CCN(CC2CN(C(=O)OC)C2)[C@@H](C)C1.Cl. The first kappa shape index (κ1) is 20.9. The molecule has 1 aromatic rings. The molecule has 2 saturated heterocycles. The zero-order valence-electron chi connectivity index (χ0n) is 16.5. The number of carbonyl (C=O) groups excluding carboxylic acids is 1.